The zero-order chi connectivity index (χ0) is 13.8. The van der Waals surface area contributed by atoms with Crippen molar-refractivity contribution in [3.8, 4) is 11.3 Å². The summed E-state index contributed by atoms with van der Waals surface area (Å²) in [5.41, 5.74) is 4.40. The van der Waals surface area contributed by atoms with E-state index in [-0.39, 0.29) is 0 Å². The van der Waals surface area contributed by atoms with Crippen LogP contribution < -0.4 is 5.32 Å². The molecule has 100 valence electrons. The van der Waals surface area contributed by atoms with Gasteiger partial charge in [0.2, 0.25) is 0 Å². The third-order valence-electron chi connectivity index (χ3n) is 3.07. The van der Waals surface area contributed by atoms with E-state index in [0.717, 1.165) is 28.5 Å². The van der Waals surface area contributed by atoms with Crippen molar-refractivity contribution in [3.63, 3.8) is 0 Å². The second-order valence-electron chi connectivity index (χ2n) is 4.46. The first kappa shape index (κ1) is 12.8. The SMILES string of the molecule is CCc1ccc(Nc2nc(-c3cccnc3)cs2)cc1. The molecule has 4 heteroatoms. The van der Waals surface area contributed by atoms with Crippen molar-refractivity contribution in [3.05, 3.63) is 59.7 Å². The van der Waals surface area contributed by atoms with E-state index in [9.17, 15) is 0 Å². The first-order chi connectivity index (χ1) is 9.85. The monoisotopic (exact) mass is 281 g/mol. The number of nitrogens with zero attached hydrogens (tertiary/aromatic N) is 2. The highest BCUT2D eigenvalue weighted by Gasteiger charge is 2.04. The van der Waals surface area contributed by atoms with Gasteiger partial charge in [-0.15, -0.1) is 11.3 Å². The van der Waals surface area contributed by atoms with Crippen molar-refractivity contribution in [2.75, 3.05) is 5.32 Å². The Morgan fingerprint density at radius 2 is 2.00 bits per heavy atom. The van der Waals surface area contributed by atoms with E-state index in [2.05, 4.69) is 46.5 Å². The van der Waals surface area contributed by atoms with Gasteiger partial charge in [0.1, 0.15) is 0 Å². The second-order valence-corrected chi connectivity index (χ2v) is 5.31. The first-order valence-electron chi connectivity index (χ1n) is 6.57. The molecular formula is C16H15N3S. The van der Waals surface area contributed by atoms with Crippen molar-refractivity contribution >= 4 is 22.2 Å². The lowest BCUT2D eigenvalue weighted by Crippen LogP contribution is -1.90. The Labute approximate surface area is 122 Å². The fourth-order valence-electron chi connectivity index (χ4n) is 1.93. The summed E-state index contributed by atoms with van der Waals surface area (Å²) in [5, 5.41) is 6.27. The van der Waals surface area contributed by atoms with Crippen LogP contribution in [0.4, 0.5) is 10.8 Å². The maximum Gasteiger partial charge on any atom is 0.187 e. The van der Waals surface area contributed by atoms with Crippen LogP contribution in [0, 0.1) is 0 Å². The molecule has 0 aliphatic heterocycles. The lowest BCUT2D eigenvalue weighted by atomic mass is 10.1. The van der Waals surface area contributed by atoms with Gasteiger partial charge in [-0.05, 0) is 36.2 Å². The number of thiazole rings is 1. The molecule has 0 atom stereocenters. The molecule has 0 fully saturated rings. The van der Waals surface area contributed by atoms with Gasteiger partial charge in [-0.2, -0.15) is 0 Å². The zero-order valence-electron chi connectivity index (χ0n) is 11.2. The summed E-state index contributed by atoms with van der Waals surface area (Å²) >= 11 is 1.60. The number of hydrogen-bond acceptors (Lipinski definition) is 4. The van der Waals surface area contributed by atoms with Gasteiger partial charge in [0, 0.05) is 29.0 Å². The van der Waals surface area contributed by atoms with Gasteiger partial charge in [0.05, 0.1) is 5.69 Å². The van der Waals surface area contributed by atoms with Crippen molar-refractivity contribution in [1.29, 1.82) is 0 Å². The van der Waals surface area contributed by atoms with E-state index in [1.165, 1.54) is 5.56 Å². The van der Waals surface area contributed by atoms with Crippen LogP contribution in [0.1, 0.15) is 12.5 Å². The van der Waals surface area contributed by atoms with Crippen LogP contribution in [0.25, 0.3) is 11.3 Å². The number of benzene rings is 1. The summed E-state index contributed by atoms with van der Waals surface area (Å²) in [6, 6.07) is 12.4. The van der Waals surface area contributed by atoms with Crippen LogP contribution in [0.15, 0.2) is 54.2 Å². The topological polar surface area (TPSA) is 37.8 Å². The van der Waals surface area contributed by atoms with E-state index in [4.69, 9.17) is 0 Å². The van der Waals surface area contributed by atoms with Gasteiger partial charge in [-0.3, -0.25) is 4.98 Å². The number of anilines is 2. The fraction of sp³-hybridized carbons (Fsp3) is 0.125. The lowest BCUT2D eigenvalue weighted by Gasteiger charge is -2.03. The molecule has 0 aliphatic rings. The average molecular weight is 281 g/mol. The van der Waals surface area contributed by atoms with E-state index >= 15 is 0 Å². The van der Waals surface area contributed by atoms with Crippen LogP contribution >= 0.6 is 11.3 Å². The molecule has 0 saturated heterocycles. The van der Waals surface area contributed by atoms with E-state index in [0.29, 0.717) is 0 Å². The molecule has 0 spiro atoms. The molecule has 0 saturated carbocycles. The Balaban J connectivity index is 1.77. The molecule has 3 nitrogen and oxygen atoms in total. The summed E-state index contributed by atoms with van der Waals surface area (Å²) < 4.78 is 0. The average Bonchev–Trinajstić information content (AvgIpc) is 2.97. The molecule has 3 aromatic rings. The highest BCUT2D eigenvalue weighted by Crippen LogP contribution is 2.26. The van der Waals surface area contributed by atoms with Gasteiger partial charge in [0.15, 0.2) is 5.13 Å². The minimum atomic E-state index is 0.896. The Morgan fingerprint density at radius 3 is 2.70 bits per heavy atom. The molecular weight excluding hydrogens is 266 g/mol. The first-order valence-corrected chi connectivity index (χ1v) is 7.45. The van der Waals surface area contributed by atoms with Crippen LogP contribution in [-0.2, 0) is 6.42 Å². The highest BCUT2D eigenvalue weighted by atomic mass is 32.1. The summed E-state index contributed by atoms with van der Waals surface area (Å²) in [6.45, 7) is 2.16. The molecule has 2 aromatic heterocycles. The molecule has 20 heavy (non-hydrogen) atoms. The molecule has 1 N–H and O–H groups in total. The molecule has 0 unspecified atom stereocenters. The molecule has 3 rings (SSSR count). The third kappa shape index (κ3) is 2.86. The second kappa shape index (κ2) is 5.84. The highest BCUT2D eigenvalue weighted by molar-refractivity contribution is 7.14. The van der Waals surface area contributed by atoms with E-state index in [1.54, 1.807) is 17.5 Å². The van der Waals surface area contributed by atoms with E-state index < -0.39 is 0 Å². The smallest absolute Gasteiger partial charge is 0.187 e. The molecule has 0 aliphatic carbocycles. The minimum absolute atomic E-state index is 0.896. The van der Waals surface area contributed by atoms with Gasteiger partial charge in [-0.1, -0.05) is 19.1 Å². The summed E-state index contributed by atoms with van der Waals surface area (Å²) in [5.74, 6) is 0. The van der Waals surface area contributed by atoms with Crippen molar-refractivity contribution < 1.29 is 0 Å². The van der Waals surface area contributed by atoms with Crippen LogP contribution in [-0.4, -0.2) is 9.97 Å². The van der Waals surface area contributed by atoms with Crippen LogP contribution in [0.2, 0.25) is 0 Å². The number of pyridine rings is 1. The Bertz CT molecular complexity index is 674. The summed E-state index contributed by atoms with van der Waals surface area (Å²) in [4.78, 5) is 8.70. The lowest BCUT2D eigenvalue weighted by molar-refractivity contribution is 1.14. The summed E-state index contributed by atoms with van der Waals surface area (Å²) in [7, 11) is 0. The largest absolute Gasteiger partial charge is 0.332 e. The molecule has 0 bridgehead atoms. The van der Waals surface area contributed by atoms with Gasteiger partial charge >= 0.3 is 0 Å². The van der Waals surface area contributed by atoms with Crippen molar-refractivity contribution in [2.45, 2.75) is 13.3 Å². The van der Waals surface area contributed by atoms with Crippen molar-refractivity contribution in [2.24, 2.45) is 0 Å². The number of hydrogen-bond donors (Lipinski definition) is 1. The molecule has 0 radical (unpaired) electrons. The van der Waals surface area contributed by atoms with Gasteiger partial charge in [-0.25, -0.2) is 4.98 Å². The molecule has 1 aromatic carbocycles. The number of nitrogens with one attached hydrogen (secondary N) is 1. The molecule has 2 heterocycles. The Hall–Kier alpha value is -2.20. The summed E-state index contributed by atoms with van der Waals surface area (Å²) in [6.07, 6.45) is 4.65. The van der Waals surface area contributed by atoms with E-state index in [1.807, 2.05) is 23.7 Å². The van der Waals surface area contributed by atoms with Crippen LogP contribution in [0.3, 0.4) is 0 Å². The predicted octanol–water partition coefficient (Wildman–Crippen LogP) is 4.51. The van der Waals surface area contributed by atoms with Crippen molar-refractivity contribution in [1.82, 2.24) is 9.97 Å². The molecule has 0 amide bonds. The Morgan fingerprint density at radius 1 is 1.15 bits per heavy atom. The predicted molar refractivity (Wildman–Crippen MR) is 84.4 cm³/mol. The minimum Gasteiger partial charge on any atom is -0.332 e. The normalized spacial score (nSPS) is 10.4. The van der Waals surface area contributed by atoms with Crippen LogP contribution in [0.5, 0.6) is 0 Å². The standard InChI is InChI=1S/C16H15N3S/c1-2-12-5-7-14(8-6-12)18-16-19-15(11-20-16)13-4-3-9-17-10-13/h3-11H,2H2,1H3,(H,18,19). The fourth-order valence-corrected chi connectivity index (χ4v) is 2.67. The zero-order valence-corrected chi connectivity index (χ0v) is 12.0. The third-order valence-corrected chi connectivity index (χ3v) is 3.83. The quantitative estimate of drug-likeness (QED) is 0.764. The van der Waals surface area contributed by atoms with Gasteiger partial charge < -0.3 is 5.32 Å². The number of aromatic nitrogens is 2. The number of rotatable bonds is 4. The Kier molecular flexibility index (Phi) is 3.74. The number of aryl methyl sites for hydroxylation is 1. The maximum atomic E-state index is 4.59. The maximum absolute atomic E-state index is 4.59. The van der Waals surface area contributed by atoms with Gasteiger partial charge in [0.25, 0.3) is 0 Å².